The van der Waals surface area contributed by atoms with Crippen molar-refractivity contribution in [3.8, 4) is 0 Å². The van der Waals surface area contributed by atoms with Crippen molar-refractivity contribution in [2.45, 2.75) is 13.5 Å². The molecule has 110 valence electrons. The number of carbonyl (C=O) groups is 1. The first-order valence-electron chi connectivity index (χ1n) is 6.09. The molecule has 0 aliphatic rings. The van der Waals surface area contributed by atoms with Crippen LogP contribution < -0.4 is 5.32 Å². The maximum Gasteiger partial charge on any atom is 0.335 e. The maximum atomic E-state index is 13.7. The molecule has 0 atom stereocenters. The predicted molar refractivity (Wildman–Crippen MR) is 79.5 cm³/mol. The van der Waals surface area contributed by atoms with Gasteiger partial charge in [-0.25, -0.2) is 13.6 Å². The Morgan fingerprint density at radius 1 is 1.24 bits per heavy atom. The highest BCUT2D eigenvalue weighted by molar-refractivity contribution is 9.10. The molecule has 0 bridgehead atoms. The third-order valence-corrected chi connectivity index (χ3v) is 3.64. The van der Waals surface area contributed by atoms with Crippen molar-refractivity contribution < 1.29 is 18.7 Å². The van der Waals surface area contributed by atoms with Crippen LogP contribution in [0.4, 0.5) is 14.5 Å². The molecule has 0 unspecified atom stereocenters. The van der Waals surface area contributed by atoms with Crippen LogP contribution in [-0.4, -0.2) is 11.1 Å². The van der Waals surface area contributed by atoms with Gasteiger partial charge in [0, 0.05) is 17.8 Å². The SMILES string of the molecule is Cc1cc(Br)c(F)cc1NCc1cc(C(=O)O)ccc1F. The number of rotatable bonds is 4. The van der Waals surface area contributed by atoms with Crippen LogP contribution >= 0.6 is 15.9 Å². The summed E-state index contributed by atoms with van der Waals surface area (Å²) in [4.78, 5) is 10.9. The van der Waals surface area contributed by atoms with Gasteiger partial charge in [0.1, 0.15) is 11.6 Å². The van der Waals surface area contributed by atoms with Gasteiger partial charge < -0.3 is 10.4 Å². The van der Waals surface area contributed by atoms with Crippen molar-refractivity contribution in [1.82, 2.24) is 0 Å². The van der Waals surface area contributed by atoms with E-state index in [4.69, 9.17) is 5.11 Å². The van der Waals surface area contributed by atoms with Gasteiger partial charge in [0.25, 0.3) is 0 Å². The highest BCUT2D eigenvalue weighted by atomic mass is 79.9. The number of halogens is 3. The van der Waals surface area contributed by atoms with Gasteiger partial charge in [0.2, 0.25) is 0 Å². The molecule has 0 fully saturated rings. The Labute approximate surface area is 128 Å². The second-order valence-electron chi connectivity index (χ2n) is 4.55. The number of anilines is 1. The molecule has 0 radical (unpaired) electrons. The fourth-order valence-corrected chi connectivity index (χ4v) is 2.33. The van der Waals surface area contributed by atoms with Gasteiger partial charge in [-0.15, -0.1) is 0 Å². The number of carboxylic acid groups (broad SMARTS) is 1. The molecule has 0 saturated carbocycles. The lowest BCUT2D eigenvalue weighted by molar-refractivity contribution is 0.0696. The number of aromatic carboxylic acids is 1. The normalized spacial score (nSPS) is 10.5. The molecule has 3 nitrogen and oxygen atoms in total. The Kier molecular flexibility index (Phi) is 4.57. The van der Waals surface area contributed by atoms with Crippen LogP contribution in [0.25, 0.3) is 0 Å². The Balaban J connectivity index is 2.22. The van der Waals surface area contributed by atoms with E-state index in [1.165, 1.54) is 18.2 Å². The van der Waals surface area contributed by atoms with Crippen LogP contribution in [0.1, 0.15) is 21.5 Å². The van der Waals surface area contributed by atoms with Crippen molar-refractivity contribution in [3.63, 3.8) is 0 Å². The van der Waals surface area contributed by atoms with E-state index in [2.05, 4.69) is 21.2 Å². The second kappa shape index (κ2) is 6.22. The Bertz CT molecular complexity index is 704. The summed E-state index contributed by atoms with van der Waals surface area (Å²) in [5, 5.41) is 11.8. The van der Waals surface area contributed by atoms with Crippen LogP contribution in [0, 0.1) is 18.6 Å². The van der Waals surface area contributed by atoms with Crippen molar-refractivity contribution >= 4 is 27.6 Å². The molecule has 0 amide bonds. The standard InChI is InChI=1S/C15H12BrF2NO2/c1-8-4-11(16)13(18)6-14(8)19-7-10-5-9(15(20)21)2-3-12(10)17/h2-6,19H,7H2,1H3,(H,20,21). The van der Waals surface area contributed by atoms with E-state index in [1.807, 2.05) is 0 Å². The highest BCUT2D eigenvalue weighted by Crippen LogP contribution is 2.24. The van der Waals surface area contributed by atoms with Crippen LogP contribution in [0.2, 0.25) is 0 Å². The van der Waals surface area contributed by atoms with Crippen LogP contribution in [0.3, 0.4) is 0 Å². The summed E-state index contributed by atoms with van der Waals surface area (Å²) in [6, 6.07) is 6.48. The molecule has 2 N–H and O–H groups in total. The number of hydrogen-bond donors (Lipinski definition) is 2. The number of carboxylic acids is 1. The fourth-order valence-electron chi connectivity index (χ4n) is 1.87. The zero-order valence-electron chi connectivity index (χ0n) is 11.1. The summed E-state index contributed by atoms with van der Waals surface area (Å²) in [6.07, 6.45) is 0. The lowest BCUT2D eigenvalue weighted by atomic mass is 10.1. The second-order valence-corrected chi connectivity index (χ2v) is 5.40. The van der Waals surface area contributed by atoms with E-state index in [-0.39, 0.29) is 17.7 Å². The van der Waals surface area contributed by atoms with Crippen LogP contribution in [-0.2, 0) is 6.54 Å². The van der Waals surface area contributed by atoms with Crippen LogP contribution in [0.5, 0.6) is 0 Å². The van der Waals surface area contributed by atoms with Crippen molar-refractivity contribution in [1.29, 1.82) is 0 Å². The third kappa shape index (κ3) is 3.58. The fraction of sp³-hybridized carbons (Fsp3) is 0.133. The number of hydrogen-bond acceptors (Lipinski definition) is 2. The molecule has 2 aromatic carbocycles. The van der Waals surface area contributed by atoms with Gasteiger partial charge >= 0.3 is 5.97 Å². The first-order valence-corrected chi connectivity index (χ1v) is 6.89. The van der Waals surface area contributed by atoms with E-state index in [9.17, 15) is 13.6 Å². The quantitative estimate of drug-likeness (QED) is 0.857. The molecule has 0 heterocycles. The first kappa shape index (κ1) is 15.4. The van der Waals surface area contributed by atoms with Crippen molar-refractivity contribution in [2.24, 2.45) is 0 Å². The molecule has 0 spiro atoms. The Morgan fingerprint density at radius 2 is 1.95 bits per heavy atom. The average molecular weight is 356 g/mol. The molecule has 0 saturated heterocycles. The van der Waals surface area contributed by atoms with Gasteiger partial charge in [-0.2, -0.15) is 0 Å². The first-order chi connectivity index (χ1) is 9.88. The average Bonchev–Trinajstić information content (AvgIpc) is 2.42. The van der Waals surface area contributed by atoms with Gasteiger partial charge in [-0.05, 0) is 58.7 Å². The molecule has 0 aliphatic carbocycles. The molecule has 6 heteroatoms. The van der Waals surface area contributed by atoms with Gasteiger partial charge in [0.05, 0.1) is 10.0 Å². The zero-order valence-corrected chi connectivity index (χ0v) is 12.7. The predicted octanol–water partition coefficient (Wildman–Crippen LogP) is 4.35. The van der Waals surface area contributed by atoms with Gasteiger partial charge in [0.15, 0.2) is 0 Å². The molecule has 0 aromatic heterocycles. The molecular weight excluding hydrogens is 344 g/mol. The zero-order chi connectivity index (χ0) is 15.6. The smallest absolute Gasteiger partial charge is 0.335 e. The maximum absolute atomic E-state index is 13.7. The summed E-state index contributed by atoms with van der Waals surface area (Å²) < 4.78 is 27.5. The molecular formula is C15H12BrF2NO2. The summed E-state index contributed by atoms with van der Waals surface area (Å²) in [5.41, 5.74) is 1.53. The number of aryl methyl sites for hydroxylation is 1. The lowest BCUT2D eigenvalue weighted by Gasteiger charge is -2.11. The lowest BCUT2D eigenvalue weighted by Crippen LogP contribution is -2.06. The van der Waals surface area contributed by atoms with E-state index in [0.29, 0.717) is 10.2 Å². The van der Waals surface area contributed by atoms with E-state index >= 15 is 0 Å². The van der Waals surface area contributed by atoms with E-state index in [0.717, 1.165) is 11.6 Å². The third-order valence-electron chi connectivity index (χ3n) is 3.03. The monoisotopic (exact) mass is 355 g/mol. The minimum Gasteiger partial charge on any atom is -0.478 e. The molecule has 2 aromatic rings. The molecule has 21 heavy (non-hydrogen) atoms. The summed E-state index contributed by atoms with van der Waals surface area (Å²) >= 11 is 3.09. The van der Waals surface area contributed by atoms with Gasteiger partial charge in [-0.1, -0.05) is 0 Å². The van der Waals surface area contributed by atoms with E-state index < -0.39 is 17.6 Å². The number of nitrogens with one attached hydrogen (secondary N) is 1. The Morgan fingerprint density at radius 3 is 2.62 bits per heavy atom. The number of benzene rings is 2. The largest absolute Gasteiger partial charge is 0.478 e. The molecule has 2 rings (SSSR count). The topological polar surface area (TPSA) is 49.3 Å². The minimum absolute atomic E-state index is 0.00640. The van der Waals surface area contributed by atoms with Crippen molar-refractivity contribution in [2.75, 3.05) is 5.32 Å². The van der Waals surface area contributed by atoms with Crippen molar-refractivity contribution in [3.05, 3.63) is 63.1 Å². The summed E-state index contributed by atoms with van der Waals surface area (Å²) in [7, 11) is 0. The minimum atomic E-state index is -1.12. The summed E-state index contributed by atoms with van der Waals surface area (Å²) in [6.45, 7) is 1.85. The van der Waals surface area contributed by atoms with Crippen LogP contribution in [0.15, 0.2) is 34.8 Å². The highest BCUT2D eigenvalue weighted by Gasteiger charge is 2.10. The Hall–Kier alpha value is -1.95. The summed E-state index contributed by atoms with van der Waals surface area (Å²) in [5.74, 6) is -2.06. The van der Waals surface area contributed by atoms with E-state index in [1.54, 1.807) is 13.0 Å². The molecule has 0 aliphatic heterocycles. The van der Waals surface area contributed by atoms with Gasteiger partial charge in [-0.3, -0.25) is 0 Å².